The summed E-state index contributed by atoms with van der Waals surface area (Å²) in [5, 5.41) is 3.05. The SMILES string of the molecule is CC(CNC(=O)N1CCC(c2cnc[nH]2)CC1)CC1(C)OCCO1. The Morgan fingerprint density at radius 3 is 2.79 bits per heavy atom. The van der Waals surface area contributed by atoms with Gasteiger partial charge in [-0.2, -0.15) is 0 Å². The van der Waals surface area contributed by atoms with E-state index in [0.29, 0.717) is 31.6 Å². The van der Waals surface area contributed by atoms with Crippen molar-refractivity contribution < 1.29 is 14.3 Å². The molecule has 0 saturated carbocycles. The minimum atomic E-state index is -0.493. The van der Waals surface area contributed by atoms with E-state index in [1.54, 1.807) is 6.33 Å². The van der Waals surface area contributed by atoms with Crippen molar-refractivity contribution in [3.05, 3.63) is 18.2 Å². The van der Waals surface area contributed by atoms with Crippen molar-refractivity contribution in [1.29, 1.82) is 0 Å². The molecule has 134 valence electrons. The molecule has 2 aliphatic heterocycles. The number of carbonyl (C=O) groups is 1. The molecule has 1 unspecified atom stereocenters. The molecule has 24 heavy (non-hydrogen) atoms. The van der Waals surface area contributed by atoms with Gasteiger partial charge in [-0.15, -0.1) is 0 Å². The van der Waals surface area contributed by atoms with Gasteiger partial charge in [-0.25, -0.2) is 9.78 Å². The zero-order chi connectivity index (χ0) is 17.0. The highest BCUT2D eigenvalue weighted by atomic mass is 16.7. The molecule has 0 spiro atoms. The molecule has 7 heteroatoms. The number of H-pyrrole nitrogens is 1. The summed E-state index contributed by atoms with van der Waals surface area (Å²) < 4.78 is 11.3. The van der Waals surface area contributed by atoms with Crippen LogP contribution in [-0.4, -0.2) is 59.5 Å². The summed E-state index contributed by atoms with van der Waals surface area (Å²) in [5.41, 5.74) is 1.17. The maximum Gasteiger partial charge on any atom is 0.317 e. The van der Waals surface area contributed by atoms with Gasteiger partial charge in [0.2, 0.25) is 0 Å². The van der Waals surface area contributed by atoms with Crippen molar-refractivity contribution in [3.63, 3.8) is 0 Å². The summed E-state index contributed by atoms with van der Waals surface area (Å²) in [6.07, 6.45) is 6.34. The number of piperidine rings is 1. The van der Waals surface area contributed by atoms with Crippen LogP contribution in [0.2, 0.25) is 0 Å². The lowest BCUT2D eigenvalue weighted by Gasteiger charge is -2.32. The Balaban J connectivity index is 1.38. The van der Waals surface area contributed by atoms with E-state index in [1.165, 1.54) is 5.69 Å². The molecule has 1 atom stereocenters. The molecule has 0 aliphatic carbocycles. The Bertz CT molecular complexity index is 520. The number of nitrogens with zero attached hydrogens (tertiary/aromatic N) is 2. The second kappa shape index (κ2) is 7.53. The van der Waals surface area contributed by atoms with Gasteiger partial charge in [0.15, 0.2) is 5.79 Å². The van der Waals surface area contributed by atoms with E-state index in [1.807, 2.05) is 18.0 Å². The highest BCUT2D eigenvalue weighted by Gasteiger charge is 2.33. The number of rotatable bonds is 5. The molecule has 2 N–H and O–H groups in total. The van der Waals surface area contributed by atoms with Gasteiger partial charge in [-0.1, -0.05) is 6.92 Å². The van der Waals surface area contributed by atoms with Crippen LogP contribution < -0.4 is 5.32 Å². The Morgan fingerprint density at radius 1 is 1.46 bits per heavy atom. The lowest BCUT2D eigenvalue weighted by molar-refractivity contribution is -0.153. The highest BCUT2D eigenvalue weighted by molar-refractivity contribution is 5.74. The number of hydrogen-bond acceptors (Lipinski definition) is 4. The zero-order valence-electron chi connectivity index (χ0n) is 14.6. The number of ether oxygens (including phenoxy) is 2. The Labute approximate surface area is 143 Å². The van der Waals surface area contributed by atoms with Gasteiger partial charge in [0.05, 0.1) is 19.5 Å². The van der Waals surface area contributed by atoms with Gasteiger partial charge in [-0.3, -0.25) is 0 Å². The molecule has 2 saturated heterocycles. The van der Waals surface area contributed by atoms with E-state index in [4.69, 9.17) is 9.47 Å². The molecule has 3 heterocycles. The Morgan fingerprint density at radius 2 is 2.17 bits per heavy atom. The number of carbonyl (C=O) groups excluding carboxylic acids is 1. The number of aromatic nitrogens is 2. The molecule has 0 aromatic carbocycles. The summed E-state index contributed by atoms with van der Waals surface area (Å²) in [7, 11) is 0. The molecule has 7 nitrogen and oxygen atoms in total. The van der Waals surface area contributed by atoms with Crippen LogP contribution in [0.3, 0.4) is 0 Å². The van der Waals surface area contributed by atoms with Crippen molar-refractivity contribution in [2.45, 2.75) is 44.8 Å². The number of nitrogens with one attached hydrogen (secondary N) is 2. The molecule has 2 fully saturated rings. The number of aromatic amines is 1. The van der Waals surface area contributed by atoms with Gasteiger partial charge < -0.3 is 24.7 Å². The van der Waals surface area contributed by atoms with Gasteiger partial charge in [0, 0.05) is 43.9 Å². The molecule has 1 aromatic heterocycles. The van der Waals surface area contributed by atoms with Crippen LogP contribution in [0.25, 0.3) is 0 Å². The van der Waals surface area contributed by atoms with Crippen LogP contribution in [0, 0.1) is 5.92 Å². The first-order valence-electron chi connectivity index (χ1n) is 8.85. The lowest BCUT2D eigenvalue weighted by Crippen LogP contribution is -2.45. The van der Waals surface area contributed by atoms with Crippen molar-refractivity contribution in [1.82, 2.24) is 20.2 Å². The fraction of sp³-hybridized carbons (Fsp3) is 0.765. The second-order valence-corrected chi connectivity index (χ2v) is 7.09. The van der Waals surface area contributed by atoms with E-state index in [2.05, 4.69) is 22.2 Å². The molecule has 2 aliphatic rings. The quantitative estimate of drug-likeness (QED) is 0.863. The largest absolute Gasteiger partial charge is 0.348 e. The van der Waals surface area contributed by atoms with Crippen LogP contribution >= 0.6 is 0 Å². The minimum absolute atomic E-state index is 0.0309. The first-order valence-corrected chi connectivity index (χ1v) is 8.85. The molecular formula is C17H28N4O3. The molecule has 3 rings (SSSR count). The summed E-state index contributed by atoms with van der Waals surface area (Å²) >= 11 is 0. The molecule has 2 amide bonds. The third-order valence-electron chi connectivity index (χ3n) is 4.96. The fourth-order valence-corrected chi connectivity index (χ4v) is 3.64. The molecule has 0 radical (unpaired) electrons. The Hall–Kier alpha value is -1.60. The van der Waals surface area contributed by atoms with Crippen molar-refractivity contribution in [2.24, 2.45) is 5.92 Å². The maximum atomic E-state index is 12.3. The lowest BCUT2D eigenvalue weighted by atomic mass is 9.94. The van der Waals surface area contributed by atoms with E-state index in [-0.39, 0.29) is 6.03 Å². The normalized spacial score (nSPS) is 22.5. The summed E-state index contributed by atoms with van der Waals surface area (Å²) in [5.74, 6) is 0.290. The van der Waals surface area contributed by atoms with Gasteiger partial charge in [-0.05, 0) is 25.7 Å². The standard InChI is InChI=1S/C17H28N4O3/c1-13(9-17(2)23-7-8-24-17)10-19-16(22)21-5-3-14(4-6-21)15-11-18-12-20-15/h11-14H,3-10H2,1-2H3,(H,18,20)(H,19,22). The Kier molecular flexibility index (Phi) is 5.40. The molecule has 0 bridgehead atoms. The number of urea groups is 1. The zero-order valence-corrected chi connectivity index (χ0v) is 14.6. The van der Waals surface area contributed by atoms with E-state index < -0.39 is 5.79 Å². The first-order chi connectivity index (χ1) is 11.6. The summed E-state index contributed by atoms with van der Waals surface area (Å²) in [6, 6.07) is 0.0309. The minimum Gasteiger partial charge on any atom is -0.348 e. The van der Waals surface area contributed by atoms with E-state index >= 15 is 0 Å². The monoisotopic (exact) mass is 336 g/mol. The van der Waals surface area contributed by atoms with E-state index in [9.17, 15) is 4.79 Å². The predicted molar refractivity (Wildman–Crippen MR) is 89.6 cm³/mol. The smallest absolute Gasteiger partial charge is 0.317 e. The third kappa shape index (κ3) is 4.27. The number of imidazole rings is 1. The third-order valence-corrected chi connectivity index (χ3v) is 4.96. The van der Waals surface area contributed by atoms with Crippen molar-refractivity contribution in [2.75, 3.05) is 32.8 Å². The van der Waals surface area contributed by atoms with Gasteiger partial charge >= 0.3 is 6.03 Å². The van der Waals surface area contributed by atoms with Gasteiger partial charge in [0.25, 0.3) is 0 Å². The number of likely N-dealkylation sites (tertiary alicyclic amines) is 1. The maximum absolute atomic E-state index is 12.3. The van der Waals surface area contributed by atoms with Crippen LogP contribution in [0.15, 0.2) is 12.5 Å². The summed E-state index contributed by atoms with van der Waals surface area (Å²) in [6.45, 7) is 7.60. The highest BCUT2D eigenvalue weighted by Crippen LogP contribution is 2.27. The van der Waals surface area contributed by atoms with Gasteiger partial charge in [0.1, 0.15) is 0 Å². The van der Waals surface area contributed by atoms with Crippen molar-refractivity contribution >= 4 is 6.03 Å². The van der Waals surface area contributed by atoms with Crippen LogP contribution in [0.5, 0.6) is 0 Å². The summed E-state index contributed by atoms with van der Waals surface area (Å²) in [4.78, 5) is 21.5. The topological polar surface area (TPSA) is 79.5 Å². The van der Waals surface area contributed by atoms with Crippen LogP contribution in [-0.2, 0) is 9.47 Å². The number of amides is 2. The molecular weight excluding hydrogens is 308 g/mol. The fourth-order valence-electron chi connectivity index (χ4n) is 3.64. The average Bonchev–Trinajstić information content (AvgIpc) is 3.25. The second-order valence-electron chi connectivity index (χ2n) is 7.09. The van der Waals surface area contributed by atoms with E-state index in [0.717, 1.165) is 32.4 Å². The van der Waals surface area contributed by atoms with Crippen molar-refractivity contribution in [3.8, 4) is 0 Å². The predicted octanol–water partition coefficient (Wildman–Crippen LogP) is 2.09. The van der Waals surface area contributed by atoms with Crippen LogP contribution in [0.4, 0.5) is 4.79 Å². The molecule has 1 aromatic rings. The number of hydrogen-bond donors (Lipinski definition) is 2. The van der Waals surface area contributed by atoms with Crippen LogP contribution in [0.1, 0.15) is 44.7 Å². The average molecular weight is 336 g/mol. The first kappa shape index (κ1) is 17.2.